The van der Waals surface area contributed by atoms with Crippen molar-refractivity contribution in [3.05, 3.63) is 35.4 Å². The topological polar surface area (TPSA) is 61.8 Å². The molecule has 2 rings (SSSR count). The van der Waals surface area contributed by atoms with Gasteiger partial charge in [0.05, 0.1) is 12.2 Å². The molecule has 1 saturated heterocycles. The van der Waals surface area contributed by atoms with Gasteiger partial charge >= 0.3 is 6.18 Å². The summed E-state index contributed by atoms with van der Waals surface area (Å²) in [6.45, 7) is 1.12. The second-order valence-corrected chi connectivity index (χ2v) is 6.18. The Kier molecular flexibility index (Phi) is 6.42. The molecule has 0 unspecified atom stereocenters. The van der Waals surface area contributed by atoms with Crippen LogP contribution in [-0.2, 0) is 22.3 Å². The number of hydrogen-bond acceptors (Lipinski definition) is 4. The van der Waals surface area contributed by atoms with Crippen LogP contribution in [0.15, 0.2) is 24.3 Å². The van der Waals surface area contributed by atoms with Gasteiger partial charge < -0.3 is 20.1 Å². The largest absolute Gasteiger partial charge is 0.416 e. The molecule has 0 aliphatic carbocycles. The van der Waals surface area contributed by atoms with Gasteiger partial charge in [0.15, 0.2) is 5.60 Å². The highest BCUT2D eigenvalue weighted by Crippen LogP contribution is 2.32. The molecule has 1 aromatic rings. The molecule has 1 heterocycles. The Morgan fingerprint density at radius 1 is 1.36 bits per heavy atom. The molecule has 1 amide bonds. The van der Waals surface area contributed by atoms with Crippen LogP contribution in [0.1, 0.15) is 24.0 Å². The highest BCUT2D eigenvalue weighted by atomic mass is 19.4. The third-order valence-electron chi connectivity index (χ3n) is 4.32. The molecular formula is C17H23F3N2O3. The zero-order valence-corrected chi connectivity index (χ0v) is 14.1. The first-order valence-corrected chi connectivity index (χ1v) is 8.14. The minimum atomic E-state index is -4.44. The van der Waals surface area contributed by atoms with Crippen molar-refractivity contribution in [2.75, 3.05) is 33.4 Å². The summed E-state index contributed by atoms with van der Waals surface area (Å²) in [6, 6.07) is 5.26. The second kappa shape index (κ2) is 8.16. The lowest BCUT2D eigenvalue weighted by Gasteiger charge is -2.38. The zero-order chi connectivity index (χ0) is 18.5. The van der Waals surface area contributed by atoms with E-state index in [0.29, 0.717) is 26.1 Å². The van der Waals surface area contributed by atoms with E-state index in [-0.39, 0.29) is 25.1 Å². The van der Waals surface area contributed by atoms with Crippen LogP contribution in [0.2, 0.25) is 0 Å². The maximum atomic E-state index is 13.0. The summed E-state index contributed by atoms with van der Waals surface area (Å²) in [5.74, 6) is -0.410. The first-order chi connectivity index (χ1) is 11.8. The number of likely N-dealkylation sites (tertiary alicyclic amines) is 1. The molecule has 1 aromatic carbocycles. The minimum Gasteiger partial charge on any atom is -0.383 e. The minimum absolute atomic E-state index is 0.0800. The van der Waals surface area contributed by atoms with Gasteiger partial charge in [-0.3, -0.25) is 4.79 Å². The number of benzene rings is 1. The number of piperidine rings is 1. The number of halogens is 3. The summed E-state index contributed by atoms with van der Waals surface area (Å²) in [4.78, 5) is 13.9. The smallest absolute Gasteiger partial charge is 0.383 e. The van der Waals surface area contributed by atoms with E-state index in [4.69, 9.17) is 4.74 Å². The van der Waals surface area contributed by atoms with Crippen LogP contribution in [0.5, 0.6) is 0 Å². The van der Waals surface area contributed by atoms with Gasteiger partial charge in [0, 0.05) is 33.3 Å². The number of amides is 1. The lowest BCUT2D eigenvalue weighted by molar-refractivity contribution is -0.157. The number of nitrogens with one attached hydrogen (secondary N) is 1. The van der Waals surface area contributed by atoms with Crippen molar-refractivity contribution in [2.45, 2.75) is 31.2 Å². The van der Waals surface area contributed by atoms with Crippen molar-refractivity contribution < 1.29 is 27.8 Å². The van der Waals surface area contributed by atoms with E-state index in [2.05, 4.69) is 5.32 Å². The monoisotopic (exact) mass is 360 g/mol. The van der Waals surface area contributed by atoms with Crippen LogP contribution < -0.4 is 5.32 Å². The molecule has 0 radical (unpaired) electrons. The lowest BCUT2D eigenvalue weighted by atomic mass is 9.91. The number of ether oxygens (including phenoxy) is 1. The van der Waals surface area contributed by atoms with E-state index >= 15 is 0 Å². The number of nitrogens with zero attached hydrogens (tertiary/aromatic N) is 1. The van der Waals surface area contributed by atoms with E-state index in [1.807, 2.05) is 0 Å². The molecule has 1 fully saturated rings. The van der Waals surface area contributed by atoms with E-state index < -0.39 is 23.2 Å². The molecule has 1 atom stereocenters. The SMILES string of the molecule is COCCN1CCC[C@@](O)(CNCc2ccccc2C(F)(F)F)C1=O. The van der Waals surface area contributed by atoms with Gasteiger partial charge in [0.2, 0.25) is 0 Å². The Balaban J connectivity index is 1.98. The van der Waals surface area contributed by atoms with Crippen LogP contribution in [-0.4, -0.2) is 54.9 Å². The first kappa shape index (κ1) is 19.7. The molecule has 0 bridgehead atoms. The van der Waals surface area contributed by atoms with E-state index in [0.717, 1.165) is 6.07 Å². The van der Waals surface area contributed by atoms with Crippen LogP contribution in [0.4, 0.5) is 13.2 Å². The molecule has 0 saturated carbocycles. The number of hydrogen-bond donors (Lipinski definition) is 2. The van der Waals surface area contributed by atoms with Crippen LogP contribution in [0.25, 0.3) is 0 Å². The standard InChI is InChI=1S/C17H23F3N2O3/c1-25-10-9-22-8-4-7-16(24,15(22)23)12-21-11-13-5-2-3-6-14(13)17(18,19)20/h2-3,5-6,21,24H,4,7-12H2,1H3/t16-/m1/s1. The van der Waals surface area contributed by atoms with Crippen LogP contribution in [0, 0.1) is 0 Å². The van der Waals surface area contributed by atoms with Gasteiger partial charge in [-0.15, -0.1) is 0 Å². The summed E-state index contributed by atoms with van der Waals surface area (Å²) in [5.41, 5.74) is -2.23. The molecule has 2 N–H and O–H groups in total. The molecule has 8 heteroatoms. The van der Waals surface area contributed by atoms with E-state index in [1.165, 1.54) is 30.2 Å². The van der Waals surface area contributed by atoms with Crippen molar-refractivity contribution in [1.29, 1.82) is 0 Å². The number of carbonyl (C=O) groups excluding carboxylic acids is 1. The van der Waals surface area contributed by atoms with Crippen molar-refractivity contribution in [2.24, 2.45) is 0 Å². The Hall–Kier alpha value is -1.64. The molecular weight excluding hydrogens is 337 g/mol. The number of rotatable bonds is 7. The Morgan fingerprint density at radius 2 is 2.08 bits per heavy atom. The Bertz CT molecular complexity index is 595. The van der Waals surface area contributed by atoms with Crippen molar-refractivity contribution >= 4 is 5.91 Å². The number of carbonyl (C=O) groups is 1. The van der Waals surface area contributed by atoms with Crippen molar-refractivity contribution in [3.8, 4) is 0 Å². The van der Waals surface area contributed by atoms with Gasteiger partial charge in [-0.25, -0.2) is 0 Å². The summed E-state index contributed by atoms with van der Waals surface area (Å²) < 4.78 is 43.9. The Labute approximate surface area is 144 Å². The van der Waals surface area contributed by atoms with E-state index in [9.17, 15) is 23.1 Å². The molecule has 5 nitrogen and oxygen atoms in total. The molecule has 0 spiro atoms. The molecule has 140 valence electrons. The summed E-state index contributed by atoms with van der Waals surface area (Å²) in [6.07, 6.45) is -3.53. The fourth-order valence-corrected chi connectivity index (χ4v) is 3.00. The zero-order valence-electron chi connectivity index (χ0n) is 14.1. The molecule has 1 aliphatic rings. The predicted octanol–water partition coefficient (Wildman–Crippen LogP) is 1.79. The van der Waals surface area contributed by atoms with Gasteiger partial charge in [0.1, 0.15) is 0 Å². The van der Waals surface area contributed by atoms with Crippen molar-refractivity contribution in [3.63, 3.8) is 0 Å². The maximum Gasteiger partial charge on any atom is 0.416 e. The maximum absolute atomic E-state index is 13.0. The van der Waals surface area contributed by atoms with Gasteiger partial charge in [0.25, 0.3) is 5.91 Å². The summed E-state index contributed by atoms with van der Waals surface area (Å²) in [7, 11) is 1.53. The third-order valence-corrected chi connectivity index (χ3v) is 4.32. The van der Waals surface area contributed by atoms with Gasteiger partial charge in [-0.2, -0.15) is 13.2 Å². The summed E-state index contributed by atoms with van der Waals surface area (Å²) >= 11 is 0. The quantitative estimate of drug-likeness (QED) is 0.778. The number of methoxy groups -OCH3 is 1. The lowest BCUT2D eigenvalue weighted by Crippen LogP contribution is -2.58. The van der Waals surface area contributed by atoms with Gasteiger partial charge in [-0.05, 0) is 24.5 Å². The van der Waals surface area contributed by atoms with Crippen molar-refractivity contribution in [1.82, 2.24) is 10.2 Å². The highest BCUT2D eigenvalue weighted by molar-refractivity contribution is 5.86. The molecule has 25 heavy (non-hydrogen) atoms. The highest BCUT2D eigenvalue weighted by Gasteiger charge is 2.41. The van der Waals surface area contributed by atoms with Crippen LogP contribution >= 0.6 is 0 Å². The molecule has 1 aliphatic heterocycles. The third kappa shape index (κ3) is 4.93. The predicted molar refractivity (Wildman–Crippen MR) is 85.8 cm³/mol. The fourth-order valence-electron chi connectivity index (χ4n) is 3.00. The van der Waals surface area contributed by atoms with Crippen LogP contribution in [0.3, 0.4) is 0 Å². The first-order valence-electron chi connectivity index (χ1n) is 8.14. The normalized spacial score (nSPS) is 21.6. The Morgan fingerprint density at radius 3 is 2.76 bits per heavy atom. The molecule has 0 aromatic heterocycles. The summed E-state index contributed by atoms with van der Waals surface area (Å²) in [5, 5.41) is 13.4. The number of aliphatic hydroxyl groups is 1. The van der Waals surface area contributed by atoms with E-state index in [1.54, 1.807) is 0 Å². The number of alkyl halides is 3. The van der Waals surface area contributed by atoms with Gasteiger partial charge in [-0.1, -0.05) is 18.2 Å². The fraction of sp³-hybridized carbons (Fsp3) is 0.588. The average molecular weight is 360 g/mol. The average Bonchev–Trinajstić information content (AvgIpc) is 2.56. The second-order valence-electron chi connectivity index (χ2n) is 6.18.